The van der Waals surface area contributed by atoms with Gasteiger partial charge in [0.1, 0.15) is 0 Å². The number of aliphatic carboxylic acids is 1. The topological polar surface area (TPSA) is 37.3 Å². The Balaban J connectivity index is 4.12. The lowest BCUT2D eigenvalue weighted by atomic mass is 9.87. The largest absolute Gasteiger partial charge is 0.481 e. The summed E-state index contributed by atoms with van der Waals surface area (Å²) in [6.07, 6.45) is 1.89. The predicted molar refractivity (Wildman–Crippen MR) is 45.5 cm³/mol. The first-order chi connectivity index (χ1) is 4.84. The summed E-state index contributed by atoms with van der Waals surface area (Å²) < 4.78 is 0. The van der Waals surface area contributed by atoms with Gasteiger partial charge in [-0.25, -0.2) is 0 Å². The summed E-state index contributed by atoms with van der Waals surface area (Å²) in [5, 5.41) is 8.38. The fourth-order valence-electron chi connectivity index (χ4n) is 0.547. The number of carbonyl (C=O) groups is 1. The zero-order chi connectivity index (χ0) is 9.07. The SMILES string of the molecule is CC(=CCC(=O)O)C(C)(C)C. The van der Waals surface area contributed by atoms with Crippen LogP contribution in [-0.2, 0) is 4.79 Å². The van der Waals surface area contributed by atoms with Crippen molar-refractivity contribution in [3.8, 4) is 0 Å². The van der Waals surface area contributed by atoms with Crippen LogP contribution in [0.2, 0.25) is 0 Å². The van der Waals surface area contributed by atoms with E-state index in [1.54, 1.807) is 6.08 Å². The van der Waals surface area contributed by atoms with Gasteiger partial charge in [0.05, 0.1) is 6.42 Å². The molecule has 0 bridgehead atoms. The summed E-state index contributed by atoms with van der Waals surface area (Å²) in [6.45, 7) is 8.17. The molecule has 0 aromatic carbocycles. The van der Waals surface area contributed by atoms with E-state index >= 15 is 0 Å². The van der Waals surface area contributed by atoms with Crippen molar-refractivity contribution in [2.75, 3.05) is 0 Å². The van der Waals surface area contributed by atoms with Gasteiger partial charge in [-0.15, -0.1) is 0 Å². The number of rotatable bonds is 2. The molecule has 0 heterocycles. The van der Waals surface area contributed by atoms with Gasteiger partial charge in [-0.1, -0.05) is 32.4 Å². The van der Waals surface area contributed by atoms with Crippen molar-refractivity contribution in [2.24, 2.45) is 5.41 Å². The van der Waals surface area contributed by atoms with Gasteiger partial charge in [0, 0.05) is 0 Å². The third-order valence-electron chi connectivity index (χ3n) is 1.77. The maximum absolute atomic E-state index is 10.2. The minimum absolute atomic E-state index is 0.0927. The minimum atomic E-state index is -0.770. The molecule has 0 aliphatic heterocycles. The van der Waals surface area contributed by atoms with Crippen LogP contribution < -0.4 is 0 Å². The number of carboxylic acid groups (broad SMARTS) is 1. The molecule has 0 aliphatic carbocycles. The van der Waals surface area contributed by atoms with Crippen LogP contribution in [0, 0.1) is 5.41 Å². The van der Waals surface area contributed by atoms with Crippen molar-refractivity contribution in [3.05, 3.63) is 11.6 Å². The van der Waals surface area contributed by atoms with E-state index in [0.717, 1.165) is 5.57 Å². The van der Waals surface area contributed by atoms with Crippen LogP contribution in [0.5, 0.6) is 0 Å². The second-order valence-electron chi connectivity index (χ2n) is 3.73. The van der Waals surface area contributed by atoms with Gasteiger partial charge in [0.2, 0.25) is 0 Å². The Hall–Kier alpha value is -0.790. The molecule has 2 nitrogen and oxygen atoms in total. The molecular weight excluding hydrogens is 140 g/mol. The second kappa shape index (κ2) is 3.56. The highest BCUT2D eigenvalue weighted by Gasteiger charge is 2.11. The Morgan fingerprint density at radius 2 is 1.91 bits per heavy atom. The summed E-state index contributed by atoms with van der Waals surface area (Å²) in [6, 6.07) is 0. The molecule has 0 unspecified atom stereocenters. The molecule has 0 amide bonds. The average Bonchev–Trinajstić information content (AvgIpc) is 1.80. The van der Waals surface area contributed by atoms with E-state index in [4.69, 9.17) is 5.11 Å². The normalized spacial score (nSPS) is 13.3. The monoisotopic (exact) mass is 156 g/mol. The predicted octanol–water partition coefficient (Wildman–Crippen LogP) is 2.45. The Labute approximate surface area is 67.9 Å². The number of carboxylic acids is 1. The van der Waals surface area contributed by atoms with Crippen molar-refractivity contribution in [1.82, 2.24) is 0 Å². The van der Waals surface area contributed by atoms with Crippen molar-refractivity contribution < 1.29 is 9.90 Å². The zero-order valence-electron chi connectivity index (χ0n) is 7.64. The first-order valence-electron chi connectivity index (χ1n) is 3.73. The summed E-state index contributed by atoms with van der Waals surface area (Å²) in [5.41, 5.74) is 1.22. The summed E-state index contributed by atoms with van der Waals surface area (Å²) in [4.78, 5) is 10.2. The third-order valence-corrected chi connectivity index (χ3v) is 1.77. The summed E-state index contributed by atoms with van der Waals surface area (Å²) in [5.74, 6) is -0.770. The Kier molecular flexibility index (Phi) is 3.30. The molecular formula is C9H16O2. The molecule has 0 rings (SSSR count). The van der Waals surface area contributed by atoms with Crippen LogP contribution in [-0.4, -0.2) is 11.1 Å². The van der Waals surface area contributed by atoms with Gasteiger partial charge in [-0.3, -0.25) is 4.79 Å². The lowest BCUT2D eigenvalue weighted by molar-refractivity contribution is -0.136. The van der Waals surface area contributed by atoms with Crippen LogP contribution in [0.4, 0.5) is 0 Å². The van der Waals surface area contributed by atoms with Gasteiger partial charge < -0.3 is 5.11 Å². The fraction of sp³-hybridized carbons (Fsp3) is 0.667. The van der Waals surface area contributed by atoms with Crippen LogP contribution in [0.25, 0.3) is 0 Å². The Bertz CT molecular complexity index is 172. The van der Waals surface area contributed by atoms with Gasteiger partial charge in [0.25, 0.3) is 0 Å². The Morgan fingerprint density at radius 1 is 1.45 bits per heavy atom. The van der Waals surface area contributed by atoms with Crippen molar-refractivity contribution in [1.29, 1.82) is 0 Å². The smallest absolute Gasteiger partial charge is 0.307 e. The highest BCUT2D eigenvalue weighted by Crippen LogP contribution is 2.24. The lowest BCUT2D eigenvalue weighted by Gasteiger charge is -2.18. The van der Waals surface area contributed by atoms with E-state index in [9.17, 15) is 4.79 Å². The number of hydrogen-bond donors (Lipinski definition) is 1. The minimum Gasteiger partial charge on any atom is -0.481 e. The molecule has 0 saturated carbocycles. The molecule has 2 heteroatoms. The maximum atomic E-state index is 10.2. The second-order valence-corrected chi connectivity index (χ2v) is 3.73. The van der Waals surface area contributed by atoms with Gasteiger partial charge in [0.15, 0.2) is 0 Å². The first-order valence-corrected chi connectivity index (χ1v) is 3.73. The van der Waals surface area contributed by atoms with E-state index < -0.39 is 5.97 Å². The molecule has 11 heavy (non-hydrogen) atoms. The van der Waals surface area contributed by atoms with Crippen LogP contribution >= 0.6 is 0 Å². The third kappa shape index (κ3) is 4.59. The quantitative estimate of drug-likeness (QED) is 0.623. The zero-order valence-corrected chi connectivity index (χ0v) is 7.64. The summed E-state index contributed by atoms with van der Waals surface area (Å²) >= 11 is 0. The molecule has 0 aromatic heterocycles. The molecule has 1 N–H and O–H groups in total. The fourth-order valence-corrected chi connectivity index (χ4v) is 0.547. The van der Waals surface area contributed by atoms with Crippen LogP contribution in [0.1, 0.15) is 34.1 Å². The standard InChI is InChI=1S/C9H16O2/c1-7(9(2,3)4)5-6-8(10)11/h5H,6H2,1-4H3,(H,10,11). The van der Waals surface area contributed by atoms with E-state index in [1.165, 1.54) is 0 Å². The van der Waals surface area contributed by atoms with E-state index in [2.05, 4.69) is 20.8 Å². The van der Waals surface area contributed by atoms with Gasteiger partial charge in [-0.05, 0) is 12.3 Å². The van der Waals surface area contributed by atoms with Crippen molar-refractivity contribution >= 4 is 5.97 Å². The molecule has 0 aliphatic rings. The van der Waals surface area contributed by atoms with Crippen LogP contribution in [0.3, 0.4) is 0 Å². The van der Waals surface area contributed by atoms with Gasteiger partial charge >= 0.3 is 5.97 Å². The highest BCUT2D eigenvalue weighted by atomic mass is 16.4. The van der Waals surface area contributed by atoms with Crippen molar-refractivity contribution in [2.45, 2.75) is 34.1 Å². The number of hydrogen-bond acceptors (Lipinski definition) is 1. The Morgan fingerprint density at radius 3 is 2.18 bits per heavy atom. The van der Waals surface area contributed by atoms with Crippen molar-refractivity contribution in [3.63, 3.8) is 0 Å². The molecule has 0 fully saturated rings. The molecule has 0 atom stereocenters. The first kappa shape index (κ1) is 10.2. The number of allylic oxidation sites excluding steroid dienone is 1. The van der Waals surface area contributed by atoms with E-state index in [0.29, 0.717) is 0 Å². The van der Waals surface area contributed by atoms with Crippen LogP contribution in [0.15, 0.2) is 11.6 Å². The van der Waals surface area contributed by atoms with Gasteiger partial charge in [-0.2, -0.15) is 0 Å². The molecule has 0 spiro atoms. The average molecular weight is 156 g/mol. The molecule has 0 aromatic rings. The molecule has 0 radical (unpaired) electrons. The maximum Gasteiger partial charge on any atom is 0.307 e. The highest BCUT2D eigenvalue weighted by molar-refractivity contribution is 5.68. The summed E-state index contributed by atoms with van der Waals surface area (Å²) in [7, 11) is 0. The lowest BCUT2D eigenvalue weighted by Crippen LogP contribution is -2.07. The van der Waals surface area contributed by atoms with E-state index in [-0.39, 0.29) is 11.8 Å². The molecule has 64 valence electrons. The van der Waals surface area contributed by atoms with E-state index in [1.807, 2.05) is 6.92 Å². The molecule has 0 saturated heterocycles.